The van der Waals surface area contributed by atoms with E-state index >= 15 is 0 Å². The third kappa shape index (κ3) is 3.20. The van der Waals surface area contributed by atoms with Gasteiger partial charge in [0.1, 0.15) is 0 Å². The van der Waals surface area contributed by atoms with E-state index in [0.717, 1.165) is 0 Å². The normalized spacial score (nSPS) is 14.6. The zero-order chi connectivity index (χ0) is 15.6. The number of nitrogen functional groups attached to an aromatic ring is 1. The maximum atomic E-state index is 9.47. The number of hydrogen-bond acceptors (Lipinski definition) is 6. The van der Waals surface area contributed by atoms with Gasteiger partial charge < -0.3 is 15.8 Å². The lowest BCUT2D eigenvalue weighted by Gasteiger charge is -2.38. The second-order valence-corrected chi connectivity index (χ2v) is 5.89. The Morgan fingerprint density at radius 1 is 1.05 bits per heavy atom. The number of nitrogens with two attached hydrogens (primary N) is 1. The number of rotatable bonds is 5. The highest BCUT2D eigenvalue weighted by atomic mass is 16.5. The molecule has 20 heavy (non-hydrogen) atoms. The number of aromatic nitrogens is 3. The molecule has 0 aliphatic rings. The highest BCUT2D eigenvalue weighted by Crippen LogP contribution is 2.23. The van der Waals surface area contributed by atoms with E-state index in [1.54, 1.807) is 0 Å². The van der Waals surface area contributed by atoms with E-state index in [-0.39, 0.29) is 23.7 Å². The molecular formula is C13H26N6O. The lowest BCUT2D eigenvalue weighted by Crippen LogP contribution is -2.47. The molecule has 2 atom stereocenters. The lowest BCUT2D eigenvalue weighted by molar-refractivity contribution is 0.168. The van der Waals surface area contributed by atoms with Gasteiger partial charge in [0, 0.05) is 12.1 Å². The molecular weight excluding hydrogens is 256 g/mol. The molecule has 0 spiro atoms. The maximum Gasteiger partial charge on any atom is 0.262 e. The largest absolute Gasteiger partial charge is 0.422 e. The summed E-state index contributed by atoms with van der Waals surface area (Å²) in [5.74, 6) is 1.06. The van der Waals surface area contributed by atoms with Crippen LogP contribution >= 0.6 is 0 Å². The Bertz CT molecular complexity index is 496. The Kier molecular flexibility index (Phi) is 4.97. The second kappa shape index (κ2) is 6.11. The molecule has 0 aliphatic heterocycles. The van der Waals surface area contributed by atoms with Crippen LogP contribution in [0.4, 0.5) is 11.9 Å². The molecule has 0 amide bonds. The Balaban J connectivity index is 3.34. The van der Waals surface area contributed by atoms with Crippen LogP contribution in [0.2, 0.25) is 0 Å². The fraction of sp³-hybridized carbons (Fsp3) is 0.769. The molecule has 1 aromatic heterocycles. The first-order valence-corrected chi connectivity index (χ1v) is 6.95. The summed E-state index contributed by atoms with van der Waals surface area (Å²) in [7, 11) is 0. The van der Waals surface area contributed by atoms with E-state index in [1.165, 1.54) is 0 Å². The molecule has 7 heteroatoms. The van der Waals surface area contributed by atoms with Gasteiger partial charge in [0.15, 0.2) is 0 Å². The maximum absolute atomic E-state index is 9.47. The van der Waals surface area contributed by atoms with Gasteiger partial charge in [-0.1, -0.05) is 27.7 Å². The first kappa shape index (κ1) is 16.3. The van der Waals surface area contributed by atoms with E-state index in [0.29, 0.717) is 22.5 Å². The van der Waals surface area contributed by atoms with Crippen LogP contribution in [-0.4, -0.2) is 32.0 Å². The molecule has 0 saturated heterocycles. The minimum atomic E-state index is -0.315. The van der Waals surface area contributed by atoms with Crippen LogP contribution in [0.3, 0.4) is 0 Å². The fourth-order valence-electron chi connectivity index (χ4n) is 1.92. The molecule has 114 valence electrons. The average molecular weight is 282 g/mol. The van der Waals surface area contributed by atoms with E-state index < -0.39 is 0 Å². The Hall–Kier alpha value is -1.79. The van der Waals surface area contributed by atoms with Crippen molar-refractivity contribution in [1.29, 1.82) is 5.41 Å². The third-order valence-electron chi connectivity index (χ3n) is 3.88. The van der Waals surface area contributed by atoms with Crippen molar-refractivity contribution in [3.8, 4) is 0 Å². The predicted molar refractivity (Wildman–Crippen MR) is 78.6 cm³/mol. The molecule has 0 radical (unpaired) electrons. The highest BCUT2D eigenvalue weighted by molar-refractivity contribution is 5.36. The summed E-state index contributed by atoms with van der Waals surface area (Å²) >= 11 is 0. The van der Waals surface area contributed by atoms with Crippen molar-refractivity contribution in [1.82, 2.24) is 14.7 Å². The van der Waals surface area contributed by atoms with Crippen LogP contribution in [0.5, 0.6) is 0 Å². The van der Waals surface area contributed by atoms with Crippen molar-refractivity contribution >= 4 is 11.9 Å². The minimum absolute atomic E-state index is 0.128. The molecule has 0 fully saturated rings. The van der Waals surface area contributed by atoms with Crippen LogP contribution in [-0.2, 0) is 0 Å². The first-order chi connectivity index (χ1) is 9.16. The quantitative estimate of drug-likeness (QED) is 0.709. The monoisotopic (exact) mass is 282 g/mol. The number of anilines is 2. The van der Waals surface area contributed by atoms with Crippen LogP contribution in [0, 0.1) is 17.2 Å². The molecule has 1 aromatic rings. The van der Waals surface area contributed by atoms with Gasteiger partial charge in [-0.25, -0.2) is 0 Å². The number of nitrogens with zero attached hydrogens (tertiary/aromatic N) is 4. The van der Waals surface area contributed by atoms with Crippen molar-refractivity contribution in [2.24, 2.45) is 11.8 Å². The summed E-state index contributed by atoms with van der Waals surface area (Å²) in [6.07, 6.45) is 0. The van der Waals surface area contributed by atoms with Crippen LogP contribution < -0.4 is 16.3 Å². The zero-order valence-electron chi connectivity index (χ0n) is 13.1. The van der Waals surface area contributed by atoms with Crippen LogP contribution in [0.15, 0.2) is 0 Å². The van der Waals surface area contributed by atoms with Crippen molar-refractivity contribution in [3.63, 3.8) is 0 Å². The zero-order valence-corrected chi connectivity index (χ0v) is 13.1. The van der Waals surface area contributed by atoms with E-state index in [9.17, 15) is 5.21 Å². The van der Waals surface area contributed by atoms with Crippen LogP contribution in [0.1, 0.15) is 41.5 Å². The van der Waals surface area contributed by atoms with Gasteiger partial charge >= 0.3 is 0 Å². The third-order valence-corrected chi connectivity index (χ3v) is 3.88. The molecule has 2 unspecified atom stereocenters. The lowest BCUT2D eigenvalue weighted by atomic mass is 9.98. The molecule has 0 aromatic carbocycles. The molecule has 7 nitrogen and oxygen atoms in total. The van der Waals surface area contributed by atoms with Crippen LogP contribution in [0.25, 0.3) is 0 Å². The molecule has 1 rings (SSSR count). The second-order valence-electron chi connectivity index (χ2n) is 5.89. The summed E-state index contributed by atoms with van der Waals surface area (Å²) in [5.41, 5.74) is 5.31. The predicted octanol–water partition coefficient (Wildman–Crippen LogP) is 1.47. The molecule has 4 N–H and O–H groups in total. The van der Waals surface area contributed by atoms with Crippen molar-refractivity contribution in [2.75, 3.05) is 10.6 Å². The number of hydrogen-bond donors (Lipinski definition) is 3. The average Bonchev–Trinajstić information content (AvgIpc) is 2.35. The van der Waals surface area contributed by atoms with E-state index in [4.69, 9.17) is 11.1 Å². The molecule has 1 heterocycles. The summed E-state index contributed by atoms with van der Waals surface area (Å²) < 4.78 is 0.474. The van der Waals surface area contributed by atoms with Gasteiger partial charge in [-0.05, 0) is 25.7 Å². The van der Waals surface area contributed by atoms with E-state index in [1.807, 2.05) is 0 Å². The van der Waals surface area contributed by atoms with Crippen molar-refractivity contribution < 1.29 is 5.21 Å². The minimum Gasteiger partial charge on any atom is -0.422 e. The smallest absolute Gasteiger partial charge is 0.262 e. The molecule has 0 aliphatic carbocycles. The Morgan fingerprint density at radius 2 is 1.50 bits per heavy atom. The highest BCUT2D eigenvalue weighted by Gasteiger charge is 2.27. The Labute approximate surface area is 119 Å². The summed E-state index contributed by atoms with van der Waals surface area (Å²) in [6, 6.07) is 0.390. The summed E-state index contributed by atoms with van der Waals surface area (Å²) in [5, 5.41) is 17.1. The van der Waals surface area contributed by atoms with Crippen molar-refractivity contribution in [3.05, 3.63) is 5.62 Å². The van der Waals surface area contributed by atoms with Crippen molar-refractivity contribution in [2.45, 2.75) is 53.6 Å². The van der Waals surface area contributed by atoms with Gasteiger partial charge in [-0.2, -0.15) is 9.97 Å². The van der Waals surface area contributed by atoms with Gasteiger partial charge in [0.25, 0.3) is 5.62 Å². The Morgan fingerprint density at radius 3 is 1.85 bits per heavy atom. The molecule has 0 saturated carbocycles. The SMILES string of the molecule is CC(C)C(C)N(c1nc(N)n(O)c(=N)n1)C(C)C(C)C. The summed E-state index contributed by atoms with van der Waals surface area (Å²) in [6.45, 7) is 12.7. The van der Waals surface area contributed by atoms with Gasteiger partial charge in [0.05, 0.1) is 0 Å². The topological polar surface area (TPSA) is 104 Å². The van der Waals surface area contributed by atoms with Gasteiger partial charge in [0.2, 0.25) is 11.9 Å². The van der Waals surface area contributed by atoms with Gasteiger partial charge in [-0.15, -0.1) is 4.73 Å². The molecule has 0 bridgehead atoms. The first-order valence-electron chi connectivity index (χ1n) is 6.95. The standard InChI is InChI=1S/C13H26N6O/c1-7(2)9(5)18(10(6)8(3)4)13-16-11(14)19(20)12(15)17-13/h7-10,20H,1-6H3,(H3,14,15,16,17). The summed E-state index contributed by atoms with van der Waals surface area (Å²) in [4.78, 5) is 10.3. The van der Waals surface area contributed by atoms with E-state index in [2.05, 4.69) is 56.4 Å². The van der Waals surface area contributed by atoms with Gasteiger partial charge in [-0.3, -0.25) is 5.41 Å². The fourth-order valence-corrected chi connectivity index (χ4v) is 1.92. The number of nitrogens with one attached hydrogen (secondary N) is 1.